The second-order valence-corrected chi connectivity index (χ2v) is 6.45. The largest absolute Gasteiger partial charge is 0.486 e. The van der Waals surface area contributed by atoms with Crippen molar-refractivity contribution in [2.24, 2.45) is 0 Å². The molecule has 3 heterocycles. The van der Waals surface area contributed by atoms with Gasteiger partial charge in [0.05, 0.1) is 11.3 Å². The van der Waals surface area contributed by atoms with Gasteiger partial charge in [-0.05, 0) is 36.4 Å². The molecule has 2 aromatic carbocycles. The Morgan fingerprint density at radius 2 is 1.82 bits per heavy atom. The third kappa shape index (κ3) is 2.95. The SMILES string of the molecule is O=C(Nc1ccc(-c2cn3ccccc3n2)cc1)c1cccc2c1OCCO2. The molecule has 1 amide bonds. The van der Waals surface area contributed by atoms with Crippen LogP contribution in [0.4, 0.5) is 5.69 Å². The van der Waals surface area contributed by atoms with Crippen LogP contribution >= 0.6 is 0 Å². The van der Waals surface area contributed by atoms with Gasteiger partial charge in [-0.3, -0.25) is 4.79 Å². The summed E-state index contributed by atoms with van der Waals surface area (Å²) in [4.78, 5) is 17.3. The molecule has 0 atom stereocenters. The van der Waals surface area contributed by atoms with Crippen LogP contribution < -0.4 is 14.8 Å². The number of benzene rings is 2. The van der Waals surface area contributed by atoms with Gasteiger partial charge >= 0.3 is 0 Å². The molecule has 2 aromatic heterocycles. The van der Waals surface area contributed by atoms with E-state index in [1.54, 1.807) is 18.2 Å². The summed E-state index contributed by atoms with van der Waals surface area (Å²) in [5.74, 6) is 0.858. The maximum Gasteiger partial charge on any atom is 0.259 e. The van der Waals surface area contributed by atoms with Crippen LogP contribution in [-0.4, -0.2) is 28.5 Å². The number of amides is 1. The quantitative estimate of drug-likeness (QED) is 0.591. The lowest BCUT2D eigenvalue weighted by Crippen LogP contribution is -2.20. The molecule has 28 heavy (non-hydrogen) atoms. The van der Waals surface area contributed by atoms with Gasteiger partial charge in [0.25, 0.3) is 5.91 Å². The molecule has 138 valence electrons. The molecule has 0 aliphatic carbocycles. The van der Waals surface area contributed by atoms with Crippen LogP contribution in [-0.2, 0) is 0 Å². The minimum Gasteiger partial charge on any atom is -0.486 e. The monoisotopic (exact) mass is 371 g/mol. The van der Waals surface area contributed by atoms with Crippen molar-refractivity contribution in [3.63, 3.8) is 0 Å². The van der Waals surface area contributed by atoms with Crippen molar-refractivity contribution in [2.45, 2.75) is 0 Å². The molecule has 5 rings (SSSR count). The number of hydrogen-bond donors (Lipinski definition) is 1. The molecule has 0 bridgehead atoms. The van der Waals surface area contributed by atoms with E-state index in [2.05, 4.69) is 10.3 Å². The van der Waals surface area contributed by atoms with Gasteiger partial charge in [0, 0.05) is 23.6 Å². The summed E-state index contributed by atoms with van der Waals surface area (Å²) < 4.78 is 13.1. The molecule has 0 spiro atoms. The Labute approximate surface area is 161 Å². The number of fused-ring (bicyclic) bond motifs is 2. The van der Waals surface area contributed by atoms with E-state index in [-0.39, 0.29) is 5.91 Å². The predicted octanol–water partition coefficient (Wildman–Crippen LogP) is 4.02. The number of hydrogen-bond acceptors (Lipinski definition) is 4. The van der Waals surface area contributed by atoms with Crippen LogP contribution in [0.1, 0.15) is 10.4 Å². The number of pyridine rings is 1. The highest BCUT2D eigenvalue weighted by Crippen LogP contribution is 2.34. The Morgan fingerprint density at radius 3 is 2.68 bits per heavy atom. The number of anilines is 1. The van der Waals surface area contributed by atoms with Gasteiger partial charge < -0.3 is 19.2 Å². The van der Waals surface area contributed by atoms with Crippen molar-refractivity contribution < 1.29 is 14.3 Å². The normalized spacial score (nSPS) is 12.7. The standard InChI is InChI=1S/C22H17N3O3/c26-22(17-4-3-5-19-21(17)28-13-12-27-19)23-16-9-7-15(8-10-16)18-14-25-11-2-1-6-20(25)24-18/h1-11,14H,12-13H2,(H,23,26). The lowest BCUT2D eigenvalue weighted by molar-refractivity contribution is 0.101. The molecular weight excluding hydrogens is 354 g/mol. The number of ether oxygens (including phenoxy) is 2. The minimum absolute atomic E-state index is 0.233. The zero-order chi connectivity index (χ0) is 18.9. The van der Waals surface area contributed by atoms with E-state index in [1.165, 1.54) is 0 Å². The van der Waals surface area contributed by atoms with E-state index >= 15 is 0 Å². The van der Waals surface area contributed by atoms with Crippen molar-refractivity contribution in [2.75, 3.05) is 18.5 Å². The Hall–Kier alpha value is -3.80. The highest BCUT2D eigenvalue weighted by atomic mass is 16.6. The molecule has 0 radical (unpaired) electrons. The van der Waals surface area contributed by atoms with Crippen LogP contribution in [0.5, 0.6) is 11.5 Å². The highest BCUT2D eigenvalue weighted by Gasteiger charge is 2.20. The number of carbonyl (C=O) groups excluding carboxylic acids is 1. The van der Waals surface area contributed by atoms with Gasteiger partial charge in [-0.25, -0.2) is 4.98 Å². The van der Waals surface area contributed by atoms with Crippen LogP contribution in [0.15, 0.2) is 73.1 Å². The van der Waals surface area contributed by atoms with E-state index in [4.69, 9.17) is 9.47 Å². The number of rotatable bonds is 3. The number of carbonyl (C=O) groups is 1. The van der Waals surface area contributed by atoms with Crippen LogP contribution in [0, 0.1) is 0 Å². The van der Waals surface area contributed by atoms with Gasteiger partial charge in [0.15, 0.2) is 11.5 Å². The molecule has 1 aliphatic rings. The van der Waals surface area contributed by atoms with Crippen LogP contribution in [0.2, 0.25) is 0 Å². The molecule has 4 aromatic rings. The summed E-state index contributed by atoms with van der Waals surface area (Å²) in [5, 5.41) is 2.91. The smallest absolute Gasteiger partial charge is 0.259 e. The average molecular weight is 371 g/mol. The summed E-state index contributed by atoms with van der Waals surface area (Å²) in [5.41, 5.74) is 3.92. The number of nitrogens with zero attached hydrogens (tertiary/aromatic N) is 2. The first-order valence-corrected chi connectivity index (χ1v) is 9.02. The first kappa shape index (κ1) is 16.4. The molecule has 0 unspecified atom stereocenters. The first-order valence-electron chi connectivity index (χ1n) is 9.02. The molecule has 6 nitrogen and oxygen atoms in total. The lowest BCUT2D eigenvalue weighted by Gasteiger charge is -2.20. The van der Waals surface area contributed by atoms with Crippen molar-refractivity contribution >= 4 is 17.2 Å². The van der Waals surface area contributed by atoms with Crippen molar-refractivity contribution in [1.29, 1.82) is 0 Å². The average Bonchev–Trinajstić information content (AvgIpc) is 3.18. The fourth-order valence-electron chi connectivity index (χ4n) is 3.25. The molecule has 0 saturated carbocycles. The highest BCUT2D eigenvalue weighted by molar-refractivity contribution is 6.06. The third-order valence-electron chi connectivity index (χ3n) is 4.61. The van der Waals surface area contributed by atoms with E-state index in [0.717, 1.165) is 16.9 Å². The molecular formula is C22H17N3O3. The summed E-state index contributed by atoms with van der Waals surface area (Å²) in [7, 11) is 0. The fourth-order valence-corrected chi connectivity index (χ4v) is 3.25. The number of aromatic nitrogens is 2. The number of imidazole rings is 1. The topological polar surface area (TPSA) is 64.9 Å². The van der Waals surface area contributed by atoms with Crippen LogP contribution in [0.25, 0.3) is 16.9 Å². The lowest BCUT2D eigenvalue weighted by atomic mass is 10.1. The predicted molar refractivity (Wildman–Crippen MR) is 106 cm³/mol. The molecule has 1 N–H and O–H groups in total. The first-order chi connectivity index (χ1) is 13.8. The van der Waals surface area contributed by atoms with Crippen LogP contribution in [0.3, 0.4) is 0 Å². The zero-order valence-electron chi connectivity index (χ0n) is 15.0. The van der Waals surface area contributed by atoms with E-state index in [9.17, 15) is 4.79 Å². The van der Waals surface area contributed by atoms with Gasteiger partial charge in [-0.15, -0.1) is 0 Å². The summed E-state index contributed by atoms with van der Waals surface area (Å²) >= 11 is 0. The molecule has 0 fully saturated rings. The maximum absolute atomic E-state index is 12.7. The summed E-state index contributed by atoms with van der Waals surface area (Å²) in [6, 6.07) is 18.8. The second kappa shape index (κ2) is 6.74. The Balaban J connectivity index is 1.37. The maximum atomic E-state index is 12.7. The fraction of sp³-hybridized carbons (Fsp3) is 0.0909. The Morgan fingerprint density at radius 1 is 0.964 bits per heavy atom. The van der Waals surface area contributed by atoms with Gasteiger partial charge in [-0.2, -0.15) is 0 Å². The number of para-hydroxylation sites is 1. The van der Waals surface area contributed by atoms with Crippen molar-refractivity contribution in [1.82, 2.24) is 9.38 Å². The van der Waals surface area contributed by atoms with Gasteiger partial charge in [-0.1, -0.05) is 24.3 Å². The Kier molecular flexibility index (Phi) is 3.94. The van der Waals surface area contributed by atoms with E-state index in [0.29, 0.717) is 36.0 Å². The Bertz CT molecular complexity index is 1130. The minimum atomic E-state index is -0.233. The van der Waals surface area contributed by atoms with E-state index in [1.807, 2.05) is 59.3 Å². The van der Waals surface area contributed by atoms with E-state index < -0.39 is 0 Å². The second-order valence-electron chi connectivity index (χ2n) is 6.45. The zero-order valence-corrected chi connectivity index (χ0v) is 15.0. The van der Waals surface area contributed by atoms with Crippen molar-refractivity contribution in [3.8, 4) is 22.8 Å². The summed E-state index contributed by atoms with van der Waals surface area (Å²) in [6.07, 6.45) is 3.95. The summed E-state index contributed by atoms with van der Waals surface area (Å²) in [6.45, 7) is 0.924. The molecule has 1 aliphatic heterocycles. The third-order valence-corrected chi connectivity index (χ3v) is 4.61. The molecule has 0 saturated heterocycles. The van der Waals surface area contributed by atoms with Gasteiger partial charge in [0.2, 0.25) is 0 Å². The van der Waals surface area contributed by atoms with Gasteiger partial charge in [0.1, 0.15) is 18.9 Å². The molecule has 6 heteroatoms. The number of nitrogens with one attached hydrogen (secondary N) is 1. The van der Waals surface area contributed by atoms with Crippen molar-refractivity contribution in [3.05, 3.63) is 78.6 Å².